The Labute approximate surface area is 118 Å². The fourth-order valence-corrected chi connectivity index (χ4v) is 2.37. The second kappa shape index (κ2) is 9.11. The molecular weight excluding hydrogens is 234 g/mol. The van der Waals surface area contributed by atoms with Crippen LogP contribution in [0, 0.1) is 0 Å². The smallest absolute Gasteiger partial charge is 0.0707 e. The maximum Gasteiger partial charge on any atom is 0.0707 e. The fourth-order valence-electron chi connectivity index (χ4n) is 2.37. The summed E-state index contributed by atoms with van der Waals surface area (Å²) in [7, 11) is 2.12. The van der Waals surface area contributed by atoms with Gasteiger partial charge in [-0.2, -0.15) is 0 Å². The number of nitrogens with zero attached hydrogens (tertiary/aromatic N) is 1. The third-order valence-electron chi connectivity index (χ3n) is 3.79. The first-order chi connectivity index (χ1) is 9.13. The van der Waals surface area contributed by atoms with Crippen molar-refractivity contribution in [1.82, 2.24) is 4.90 Å². The highest BCUT2D eigenvalue weighted by atomic mass is 16.3. The highest BCUT2D eigenvalue weighted by Crippen LogP contribution is 2.10. The van der Waals surface area contributed by atoms with Gasteiger partial charge in [-0.1, -0.05) is 56.5 Å². The Morgan fingerprint density at radius 2 is 1.84 bits per heavy atom. The normalized spacial score (nSPS) is 14.6. The molecule has 1 N–H and O–H groups in total. The van der Waals surface area contributed by atoms with Crippen LogP contribution in [0.3, 0.4) is 0 Å². The predicted molar refractivity (Wildman–Crippen MR) is 82.4 cm³/mol. The van der Waals surface area contributed by atoms with Crippen molar-refractivity contribution in [2.24, 2.45) is 0 Å². The molecule has 1 rings (SSSR count). The molecule has 0 radical (unpaired) electrons. The SMILES string of the molecule is CCCCCC(C)N(C)CC(O)Cc1ccccc1. The van der Waals surface area contributed by atoms with E-state index in [1.165, 1.54) is 31.2 Å². The number of hydrogen-bond donors (Lipinski definition) is 1. The molecule has 0 aliphatic carbocycles. The van der Waals surface area contributed by atoms with Gasteiger partial charge in [0, 0.05) is 12.6 Å². The summed E-state index contributed by atoms with van der Waals surface area (Å²) < 4.78 is 0. The number of benzene rings is 1. The molecule has 1 aromatic rings. The molecule has 0 fully saturated rings. The van der Waals surface area contributed by atoms with Gasteiger partial charge in [0.1, 0.15) is 0 Å². The standard InChI is InChI=1S/C17H29NO/c1-4-5-7-10-15(2)18(3)14-17(19)13-16-11-8-6-9-12-16/h6,8-9,11-12,15,17,19H,4-5,7,10,13-14H2,1-3H3. The Bertz CT molecular complexity index is 325. The van der Waals surface area contributed by atoms with Crippen LogP contribution in [-0.4, -0.2) is 35.7 Å². The van der Waals surface area contributed by atoms with Crippen LogP contribution < -0.4 is 0 Å². The molecule has 108 valence electrons. The lowest BCUT2D eigenvalue weighted by Gasteiger charge is -2.27. The predicted octanol–water partition coefficient (Wildman–Crippen LogP) is 3.49. The van der Waals surface area contributed by atoms with E-state index in [1.807, 2.05) is 18.2 Å². The van der Waals surface area contributed by atoms with E-state index in [4.69, 9.17) is 0 Å². The minimum atomic E-state index is -0.277. The van der Waals surface area contributed by atoms with Gasteiger partial charge in [0.05, 0.1) is 6.10 Å². The van der Waals surface area contributed by atoms with Crippen molar-refractivity contribution in [1.29, 1.82) is 0 Å². The number of rotatable bonds is 9. The molecule has 0 saturated heterocycles. The summed E-state index contributed by atoms with van der Waals surface area (Å²) in [5.74, 6) is 0. The zero-order chi connectivity index (χ0) is 14.1. The first kappa shape index (κ1) is 16.2. The highest BCUT2D eigenvalue weighted by molar-refractivity contribution is 5.15. The lowest BCUT2D eigenvalue weighted by Crippen LogP contribution is -2.36. The van der Waals surface area contributed by atoms with E-state index in [1.54, 1.807) is 0 Å². The summed E-state index contributed by atoms with van der Waals surface area (Å²) in [6, 6.07) is 10.8. The maximum absolute atomic E-state index is 10.2. The third kappa shape index (κ3) is 6.74. The van der Waals surface area contributed by atoms with Gasteiger partial charge in [-0.3, -0.25) is 0 Å². The number of aliphatic hydroxyl groups is 1. The van der Waals surface area contributed by atoms with Crippen molar-refractivity contribution in [3.8, 4) is 0 Å². The van der Waals surface area contributed by atoms with Crippen molar-refractivity contribution in [3.63, 3.8) is 0 Å². The summed E-state index contributed by atoms with van der Waals surface area (Å²) in [4.78, 5) is 2.28. The molecule has 0 saturated carbocycles. The molecule has 0 bridgehead atoms. The number of aliphatic hydroxyl groups excluding tert-OH is 1. The zero-order valence-electron chi connectivity index (χ0n) is 12.7. The lowest BCUT2D eigenvalue weighted by atomic mass is 10.1. The van der Waals surface area contributed by atoms with Crippen LogP contribution in [0.5, 0.6) is 0 Å². The summed E-state index contributed by atoms with van der Waals surface area (Å²) >= 11 is 0. The Hall–Kier alpha value is -0.860. The Morgan fingerprint density at radius 3 is 2.47 bits per heavy atom. The van der Waals surface area contributed by atoms with Gasteiger partial charge in [0.25, 0.3) is 0 Å². The first-order valence-electron chi connectivity index (χ1n) is 7.55. The number of unbranched alkanes of at least 4 members (excludes halogenated alkanes) is 2. The molecular formula is C17H29NO. The van der Waals surface area contributed by atoms with Crippen LogP contribution >= 0.6 is 0 Å². The Kier molecular flexibility index (Phi) is 7.76. The zero-order valence-corrected chi connectivity index (χ0v) is 12.7. The van der Waals surface area contributed by atoms with Gasteiger partial charge >= 0.3 is 0 Å². The molecule has 0 spiro atoms. The van der Waals surface area contributed by atoms with Crippen molar-refractivity contribution in [3.05, 3.63) is 35.9 Å². The van der Waals surface area contributed by atoms with Crippen LogP contribution in [0.1, 0.15) is 45.1 Å². The molecule has 0 heterocycles. The van der Waals surface area contributed by atoms with Gasteiger partial charge in [0.2, 0.25) is 0 Å². The number of likely N-dealkylation sites (N-methyl/N-ethyl adjacent to an activating group) is 1. The summed E-state index contributed by atoms with van der Waals surface area (Å²) in [5.41, 5.74) is 1.21. The van der Waals surface area contributed by atoms with E-state index in [-0.39, 0.29) is 6.10 Å². The van der Waals surface area contributed by atoms with Crippen molar-refractivity contribution >= 4 is 0 Å². The molecule has 0 aromatic heterocycles. The third-order valence-corrected chi connectivity index (χ3v) is 3.79. The van der Waals surface area contributed by atoms with E-state index in [0.717, 1.165) is 13.0 Å². The second-order valence-corrected chi connectivity index (χ2v) is 5.63. The van der Waals surface area contributed by atoms with Crippen LogP contribution in [-0.2, 0) is 6.42 Å². The molecule has 19 heavy (non-hydrogen) atoms. The van der Waals surface area contributed by atoms with E-state index in [9.17, 15) is 5.11 Å². The molecule has 2 heteroatoms. The van der Waals surface area contributed by atoms with E-state index < -0.39 is 0 Å². The first-order valence-corrected chi connectivity index (χ1v) is 7.55. The average molecular weight is 263 g/mol. The molecule has 0 aliphatic heterocycles. The van der Waals surface area contributed by atoms with Crippen LogP contribution in [0.4, 0.5) is 0 Å². The van der Waals surface area contributed by atoms with Crippen LogP contribution in [0.15, 0.2) is 30.3 Å². The quantitative estimate of drug-likeness (QED) is 0.689. The van der Waals surface area contributed by atoms with Gasteiger partial charge in [-0.25, -0.2) is 0 Å². The van der Waals surface area contributed by atoms with Gasteiger partial charge in [-0.05, 0) is 32.4 Å². The molecule has 2 atom stereocenters. The van der Waals surface area contributed by atoms with E-state index >= 15 is 0 Å². The Morgan fingerprint density at radius 1 is 1.16 bits per heavy atom. The lowest BCUT2D eigenvalue weighted by molar-refractivity contribution is 0.105. The minimum Gasteiger partial charge on any atom is -0.391 e. The summed E-state index contributed by atoms with van der Waals surface area (Å²) in [6.07, 6.45) is 5.56. The second-order valence-electron chi connectivity index (χ2n) is 5.63. The van der Waals surface area contributed by atoms with Crippen LogP contribution in [0.25, 0.3) is 0 Å². The maximum atomic E-state index is 10.2. The molecule has 0 amide bonds. The molecule has 1 aromatic carbocycles. The monoisotopic (exact) mass is 263 g/mol. The molecule has 0 aliphatic rings. The largest absolute Gasteiger partial charge is 0.391 e. The minimum absolute atomic E-state index is 0.277. The van der Waals surface area contributed by atoms with Crippen molar-refractivity contribution in [2.45, 2.75) is 58.1 Å². The van der Waals surface area contributed by atoms with Gasteiger partial charge in [-0.15, -0.1) is 0 Å². The topological polar surface area (TPSA) is 23.5 Å². The molecule has 2 unspecified atom stereocenters. The highest BCUT2D eigenvalue weighted by Gasteiger charge is 2.13. The van der Waals surface area contributed by atoms with E-state index in [0.29, 0.717) is 6.04 Å². The average Bonchev–Trinajstić information content (AvgIpc) is 2.39. The van der Waals surface area contributed by atoms with Gasteiger partial charge < -0.3 is 10.0 Å². The van der Waals surface area contributed by atoms with Crippen molar-refractivity contribution in [2.75, 3.05) is 13.6 Å². The van der Waals surface area contributed by atoms with Gasteiger partial charge in [0.15, 0.2) is 0 Å². The summed E-state index contributed by atoms with van der Waals surface area (Å²) in [6.45, 7) is 5.24. The fraction of sp³-hybridized carbons (Fsp3) is 0.647. The number of hydrogen-bond acceptors (Lipinski definition) is 2. The molecule has 2 nitrogen and oxygen atoms in total. The van der Waals surface area contributed by atoms with Crippen LogP contribution in [0.2, 0.25) is 0 Å². The summed E-state index contributed by atoms with van der Waals surface area (Å²) in [5, 5.41) is 10.2. The Balaban J connectivity index is 2.28. The van der Waals surface area contributed by atoms with E-state index in [2.05, 4.69) is 37.9 Å². The van der Waals surface area contributed by atoms with Crippen molar-refractivity contribution < 1.29 is 5.11 Å².